The Morgan fingerprint density at radius 1 is 1.18 bits per heavy atom. The van der Waals surface area contributed by atoms with E-state index in [0.29, 0.717) is 18.5 Å². The Labute approximate surface area is 164 Å². The third-order valence-corrected chi connectivity index (χ3v) is 4.55. The number of urea groups is 1. The number of benzene rings is 1. The molecule has 1 aliphatic heterocycles. The van der Waals surface area contributed by atoms with Crippen LogP contribution in [0.1, 0.15) is 45.1 Å². The average molecular weight is 389 g/mol. The molecule has 0 aromatic heterocycles. The van der Waals surface area contributed by atoms with Crippen LogP contribution < -0.4 is 10.6 Å². The Hall–Kier alpha value is -2.90. The maximum atomic E-state index is 12.7. The van der Waals surface area contributed by atoms with E-state index in [0.717, 1.165) is 23.3 Å². The number of esters is 1. The van der Waals surface area contributed by atoms with Gasteiger partial charge < -0.3 is 15.4 Å². The van der Waals surface area contributed by atoms with Crippen molar-refractivity contribution in [3.05, 3.63) is 29.8 Å². The van der Waals surface area contributed by atoms with Crippen molar-refractivity contribution in [3.63, 3.8) is 0 Å². The van der Waals surface area contributed by atoms with Crippen LogP contribution in [0.4, 0.5) is 10.5 Å². The zero-order valence-corrected chi connectivity index (χ0v) is 16.5. The van der Waals surface area contributed by atoms with E-state index in [4.69, 9.17) is 4.74 Å². The molecule has 28 heavy (non-hydrogen) atoms. The molecule has 152 valence electrons. The predicted molar refractivity (Wildman–Crippen MR) is 104 cm³/mol. The summed E-state index contributed by atoms with van der Waals surface area (Å²) in [6.45, 7) is 4.75. The van der Waals surface area contributed by atoms with Crippen LogP contribution >= 0.6 is 0 Å². The molecule has 2 N–H and O–H groups in total. The molecule has 0 aliphatic carbocycles. The van der Waals surface area contributed by atoms with Crippen molar-refractivity contribution >= 4 is 29.5 Å². The first kappa shape index (κ1) is 21.4. The number of hydrogen-bond donors (Lipinski definition) is 2. The fourth-order valence-electron chi connectivity index (χ4n) is 3.38. The van der Waals surface area contributed by atoms with Gasteiger partial charge in [0, 0.05) is 5.69 Å². The normalized spacial score (nSPS) is 15.3. The lowest BCUT2D eigenvalue weighted by Gasteiger charge is -2.25. The van der Waals surface area contributed by atoms with Gasteiger partial charge in [-0.15, -0.1) is 0 Å². The lowest BCUT2D eigenvalue weighted by molar-refractivity contribution is -0.150. The van der Waals surface area contributed by atoms with E-state index in [9.17, 15) is 19.2 Å². The van der Waals surface area contributed by atoms with E-state index in [-0.39, 0.29) is 0 Å². The van der Waals surface area contributed by atoms with Crippen LogP contribution in [0, 0.1) is 6.92 Å². The highest BCUT2D eigenvalue weighted by atomic mass is 16.5. The molecule has 1 heterocycles. The SMILES string of the molecule is CCCC1(CCC)NC(=O)N(CC(=O)OCC(=O)Nc2cccc(C)c2)C1=O. The zero-order chi connectivity index (χ0) is 20.7. The van der Waals surface area contributed by atoms with Gasteiger partial charge in [-0.3, -0.25) is 19.3 Å². The quantitative estimate of drug-likeness (QED) is 0.498. The van der Waals surface area contributed by atoms with E-state index in [1.165, 1.54) is 0 Å². The summed E-state index contributed by atoms with van der Waals surface area (Å²) in [5.41, 5.74) is 0.624. The first-order chi connectivity index (χ1) is 13.3. The summed E-state index contributed by atoms with van der Waals surface area (Å²) < 4.78 is 4.93. The number of rotatable bonds is 9. The molecule has 0 spiro atoms. The van der Waals surface area contributed by atoms with Crippen molar-refractivity contribution in [2.75, 3.05) is 18.5 Å². The van der Waals surface area contributed by atoms with Crippen molar-refractivity contribution in [1.82, 2.24) is 10.2 Å². The Kier molecular flexibility index (Phi) is 7.14. The second-order valence-corrected chi connectivity index (χ2v) is 6.98. The molecule has 1 aliphatic rings. The van der Waals surface area contributed by atoms with Crippen LogP contribution in [0.25, 0.3) is 0 Å². The van der Waals surface area contributed by atoms with Crippen molar-refractivity contribution in [1.29, 1.82) is 0 Å². The van der Waals surface area contributed by atoms with Gasteiger partial charge in [-0.2, -0.15) is 0 Å². The van der Waals surface area contributed by atoms with Gasteiger partial charge in [-0.1, -0.05) is 38.8 Å². The Bertz CT molecular complexity index is 756. The minimum atomic E-state index is -0.955. The van der Waals surface area contributed by atoms with E-state index < -0.39 is 42.5 Å². The predicted octanol–water partition coefficient (Wildman–Crippen LogP) is 2.37. The first-order valence-corrected chi connectivity index (χ1v) is 9.47. The van der Waals surface area contributed by atoms with Crippen molar-refractivity contribution in [2.24, 2.45) is 0 Å². The summed E-state index contributed by atoms with van der Waals surface area (Å²) in [4.78, 5) is 49.8. The van der Waals surface area contributed by atoms with Gasteiger partial charge >= 0.3 is 12.0 Å². The Morgan fingerprint density at radius 2 is 1.86 bits per heavy atom. The zero-order valence-electron chi connectivity index (χ0n) is 16.5. The fourth-order valence-corrected chi connectivity index (χ4v) is 3.38. The molecule has 1 saturated heterocycles. The van der Waals surface area contributed by atoms with Gasteiger partial charge in [0.15, 0.2) is 6.61 Å². The van der Waals surface area contributed by atoms with Gasteiger partial charge in [0.1, 0.15) is 12.1 Å². The fraction of sp³-hybridized carbons (Fsp3) is 0.500. The van der Waals surface area contributed by atoms with Gasteiger partial charge in [-0.05, 0) is 37.5 Å². The molecule has 2 rings (SSSR count). The molecule has 1 aromatic carbocycles. The minimum Gasteiger partial charge on any atom is -0.454 e. The molecule has 4 amide bonds. The highest BCUT2D eigenvalue weighted by Crippen LogP contribution is 2.27. The van der Waals surface area contributed by atoms with Gasteiger partial charge in [0.25, 0.3) is 11.8 Å². The lowest BCUT2D eigenvalue weighted by Crippen LogP contribution is -2.47. The van der Waals surface area contributed by atoms with E-state index in [1.807, 2.05) is 26.8 Å². The molecule has 0 radical (unpaired) electrons. The number of imide groups is 1. The van der Waals surface area contributed by atoms with E-state index in [1.54, 1.807) is 18.2 Å². The Morgan fingerprint density at radius 3 is 2.46 bits per heavy atom. The number of nitrogens with one attached hydrogen (secondary N) is 2. The molecule has 1 fully saturated rings. The van der Waals surface area contributed by atoms with Crippen LogP contribution in [0.2, 0.25) is 0 Å². The van der Waals surface area contributed by atoms with Gasteiger partial charge in [-0.25, -0.2) is 4.79 Å². The third-order valence-electron chi connectivity index (χ3n) is 4.55. The summed E-state index contributed by atoms with van der Waals surface area (Å²) in [5, 5.41) is 5.35. The molecule has 1 aromatic rings. The topological polar surface area (TPSA) is 105 Å². The largest absolute Gasteiger partial charge is 0.454 e. The number of amides is 4. The molecule has 8 heteroatoms. The van der Waals surface area contributed by atoms with Gasteiger partial charge in [0.05, 0.1) is 0 Å². The third kappa shape index (κ3) is 5.09. The summed E-state index contributed by atoms with van der Waals surface area (Å²) >= 11 is 0. The summed E-state index contributed by atoms with van der Waals surface area (Å²) in [7, 11) is 0. The van der Waals surface area contributed by atoms with Crippen LogP contribution in [0.15, 0.2) is 24.3 Å². The number of ether oxygens (including phenoxy) is 1. The summed E-state index contributed by atoms with van der Waals surface area (Å²) in [6, 6.07) is 6.60. The molecule has 0 saturated carbocycles. The van der Waals surface area contributed by atoms with Crippen LogP contribution in [-0.4, -0.2) is 47.4 Å². The number of anilines is 1. The van der Waals surface area contributed by atoms with Crippen molar-refractivity contribution in [2.45, 2.75) is 52.0 Å². The monoisotopic (exact) mass is 389 g/mol. The van der Waals surface area contributed by atoms with Gasteiger partial charge in [0.2, 0.25) is 0 Å². The number of aryl methyl sites for hydroxylation is 1. The molecular weight excluding hydrogens is 362 g/mol. The number of carbonyl (C=O) groups excluding carboxylic acids is 4. The molecular formula is C20H27N3O5. The highest BCUT2D eigenvalue weighted by molar-refractivity contribution is 6.08. The second-order valence-electron chi connectivity index (χ2n) is 6.98. The Balaban J connectivity index is 1.89. The molecule has 8 nitrogen and oxygen atoms in total. The average Bonchev–Trinajstić information content (AvgIpc) is 2.85. The summed E-state index contributed by atoms with van der Waals surface area (Å²) in [6.07, 6.45) is 2.47. The molecule has 0 atom stereocenters. The standard InChI is InChI=1S/C20H27N3O5/c1-4-9-20(10-5-2)18(26)23(19(27)22-20)12-17(25)28-13-16(24)21-15-8-6-7-14(3)11-15/h6-8,11H,4-5,9-10,12-13H2,1-3H3,(H,21,24)(H,22,27). The van der Waals surface area contributed by atoms with E-state index in [2.05, 4.69) is 10.6 Å². The van der Waals surface area contributed by atoms with Crippen LogP contribution in [0.3, 0.4) is 0 Å². The number of nitrogens with zero attached hydrogens (tertiary/aromatic N) is 1. The smallest absolute Gasteiger partial charge is 0.326 e. The van der Waals surface area contributed by atoms with E-state index >= 15 is 0 Å². The van der Waals surface area contributed by atoms with Crippen LogP contribution in [0.5, 0.6) is 0 Å². The lowest BCUT2D eigenvalue weighted by atomic mass is 9.88. The second kappa shape index (κ2) is 9.34. The highest BCUT2D eigenvalue weighted by Gasteiger charge is 2.50. The minimum absolute atomic E-state index is 0.414. The van der Waals surface area contributed by atoms with Crippen LogP contribution in [-0.2, 0) is 19.1 Å². The van der Waals surface area contributed by atoms with Crippen molar-refractivity contribution in [3.8, 4) is 0 Å². The first-order valence-electron chi connectivity index (χ1n) is 9.47. The maximum Gasteiger partial charge on any atom is 0.326 e. The number of carbonyl (C=O) groups is 4. The molecule has 0 unspecified atom stereocenters. The summed E-state index contributed by atoms with van der Waals surface area (Å²) in [5.74, 6) is -1.73. The number of hydrogen-bond acceptors (Lipinski definition) is 5. The maximum absolute atomic E-state index is 12.7. The van der Waals surface area contributed by atoms with Crippen molar-refractivity contribution < 1.29 is 23.9 Å². The molecule has 0 bridgehead atoms.